The van der Waals surface area contributed by atoms with Crippen molar-refractivity contribution in [3.8, 4) is 0 Å². The smallest absolute Gasteiger partial charge is 0.313 e. The molecule has 0 aromatic carbocycles. The van der Waals surface area contributed by atoms with Crippen molar-refractivity contribution >= 4 is 23.5 Å². The maximum absolute atomic E-state index is 11.2. The predicted molar refractivity (Wildman–Crippen MR) is 54.1 cm³/mol. The molecule has 0 aliphatic rings. The third-order valence-corrected chi connectivity index (χ3v) is 2.00. The number of carbonyl (C=O) groups excluding carboxylic acids is 2. The summed E-state index contributed by atoms with van der Waals surface area (Å²) in [5.41, 5.74) is -0.726. The summed E-state index contributed by atoms with van der Waals surface area (Å²) in [4.78, 5) is 22.3. The van der Waals surface area contributed by atoms with Gasteiger partial charge in [-0.05, 0) is 20.8 Å². The summed E-state index contributed by atoms with van der Waals surface area (Å²) in [6.07, 6.45) is 0. The minimum Gasteiger partial charge on any atom is -0.469 e. The van der Waals surface area contributed by atoms with E-state index in [4.69, 9.17) is 11.6 Å². The molecule has 0 aromatic rings. The standard InChI is InChI=1S/C9H16ClNO3/c1-6(10)7(12)11-5-9(2,3)8(13)14-4/h6H,5H2,1-4H3,(H,11,12). The molecule has 0 saturated heterocycles. The van der Waals surface area contributed by atoms with Crippen LogP contribution in [0, 0.1) is 5.41 Å². The zero-order valence-electron chi connectivity index (χ0n) is 8.89. The lowest BCUT2D eigenvalue weighted by Crippen LogP contribution is -2.41. The van der Waals surface area contributed by atoms with E-state index in [0.29, 0.717) is 0 Å². The molecule has 1 unspecified atom stereocenters. The Hall–Kier alpha value is -0.770. The minimum atomic E-state index is -0.726. The molecule has 4 nitrogen and oxygen atoms in total. The number of nitrogens with one attached hydrogen (secondary N) is 1. The SMILES string of the molecule is COC(=O)C(C)(C)CNC(=O)C(C)Cl. The van der Waals surface area contributed by atoms with Crippen molar-refractivity contribution in [1.29, 1.82) is 0 Å². The summed E-state index contributed by atoms with van der Waals surface area (Å²) in [6, 6.07) is 0. The molecule has 0 fully saturated rings. The van der Waals surface area contributed by atoms with Gasteiger partial charge in [0.2, 0.25) is 5.91 Å². The Morgan fingerprint density at radius 2 is 2.00 bits per heavy atom. The first-order valence-corrected chi connectivity index (χ1v) is 4.75. The zero-order chi connectivity index (χ0) is 11.4. The third kappa shape index (κ3) is 3.96. The van der Waals surface area contributed by atoms with Gasteiger partial charge in [-0.3, -0.25) is 9.59 Å². The summed E-state index contributed by atoms with van der Waals surface area (Å²) in [6.45, 7) is 5.17. The molecule has 5 heteroatoms. The number of esters is 1. The maximum atomic E-state index is 11.2. The molecule has 0 aliphatic carbocycles. The van der Waals surface area contributed by atoms with E-state index in [0.717, 1.165) is 0 Å². The maximum Gasteiger partial charge on any atom is 0.313 e. The molecular weight excluding hydrogens is 206 g/mol. The molecule has 0 bridgehead atoms. The highest BCUT2D eigenvalue weighted by molar-refractivity contribution is 6.30. The number of hydrogen-bond acceptors (Lipinski definition) is 3. The number of halogens is 1. The summed E-state index contributed by atoms with van der Waals surface area (Å²) in [7, 11) is 1.32. The number of methoxy groups -OCH3 is 1. The van der Waals surface area contributed by atoms with Gasteiger partial charge in [0, 0.05) is 6.54 Å². The second-order valence-electron chi connectivity index (χ2n) is 3.71. The summed E-state index contributed by atoms with van der Waals surface area (Å²) in [5.74, 6) is -0.649. The largest absolute Gasteiger partial charge is 0.469 e. The van der Waals surface area contributed by atoms with Crippen LogP contribution in [-0.2, 0) is 14.3 Å². The summed E-state index contributed by atoms with van der Waals surface area (Å²) >= 11 is 5.54. The number of carbonyl (C=O) groups is 2. The molecule has 0 aromatic heterocycles. The molecule has 1 amide bonds. The average Bonchev–Trinajstić information content (AvgIpc) is 2.12. The van der Waals surface area contributed by atoms with Crippen molar-refractivity contribution in [1.82, 2.24) is 5.32 Å². The molecule has 0 spiro atoms. The van der Waals surface area contributed by atoms with E-state index in [-0.39, 0.29) is 18.4 Å². The first-order valence-electron chi connectivity index (χ1n) is 4.31. The fourth-order valence-electron chi connectivity index (χ4n) is 0.797. The van der Waals surface area contributed by atoms with E-state index in [1.807, 2.05) is 0 Å². The predicted octanol–water partition coefficient (Wildman–Crippen LogP) is 0.929. The fourth-order valence-corrected chi connectivity index (χ4v) is 0.874. The van der Waals surface area contributed by atoms with Gasteiger partial charge in [0.25, 0.3) is 0 Å². The Labute approximate surface area is 88.9 Å². The van der Waals surface area contributed by atoms with E-state index in [1.54, 1.807) is 20.8 Å². The highest BCUT2D eigenvalue weighted by atomic mass is 35.5. The molecule has 0 radical (unpaired) electrons. The Bertz CT molecular complexity index is 226. The van der Waals surface area contributed by atoms with Gasteiger partial charge in [0.1, 0.15) is 5.38 Å². The summed E-state index contributed by atoms with van der Waals surface area (Å²) in [5, 5.41) is 1.97. The highest BCUT2D eigenvalue weighted by Gasteiger charge is 2.29. The normalized spacial score (nSPS) is 13.2. The number of hydrogen-bond donors (Lipinski definition) is 1. The van der Waals surface area contributed by atoms with Crippen LogP contribution in [0.1, 0.15) is 20.8 Å². The Morgan fingerprint density at radius 3 is 2.36 bits per heavy atom. The molecule has 1 N–H and O–H groups in total. The molecule has 0 aliphatic heterocycles. The monoisotopic (exact) mass is 221 g/mol. The van der Waals surface area contributed by atoms with Gasteiger partial charge in [-0.1, -0.05) is 0 Å². The van der Waals surface area contributed by atoms with Gasteiger partial charge in [0.15, 0.2) is 0 Å². The third-order valence-electron chi connectivity index (χ3n) is 1.80. The van der Waals surface area contributed by atoms with Crippen molar-refractivity contribution in [2.24, 2.45) is 5.41 Å². The van der Waals surface area contributed by atoms with Crippen molar-refractivity contribution in [3.05, 3.63) is 0 Å². The minimum absolute atomic E-state index is 0.218. The van der Waals surface area contributed by atoms with E-state index < -0.39 is 10.8 Å². The van der Waals surface area contributed by atoms with Crippen LogP contribution in [0.5, 0.6) is 0 Å². The summed E-state index contributed by atoms with van der Waals surface area (Å²) < 4.78 is 4.58. The molecule has 0 saturated carbocycles. The lowest BCUT2D eigenvalue weighted by atomic mass is 9.94. The number of amides is 1. The van der Waals surface area contributed by atoms with Crippen LogP contribution in [0.15, 0.2) is 0 Å². The van der Waals surface area contributed by atoms with Gasteiger partial charge in [-0.25, -0.2) is 0 Å². The number of alkyl halides is 1. The first kappa shape index (κ1) is 13.2. The Morgan fingerprint density at radius 1 is 1.50 bits per heavy atom. The lowest BCUT2D eigenvalue weighted by molar-refractivity contribution is -0.150. The first-order chi connectivity index (χ1) is 6.31. The van der Waals surface area contributed by atoms with Crippen molar-refractivity contribution < 1.29 is 14.3 Å². The van der Waals surface area contributed by atoms with Crippen LogP contribution in [0.3, 0.4) is 0 Å². The molecule has 1 atom stereocenters. The van der Waals surface area contributed by atoms with Gasteiger partial charge in [0.05, 0.1) is 12.5 Å². The molecule has 82 valence electrons. The average molecular weight is 222 g/mol. The number of rotatable bonds is 4. The van der Waals surface area contributed by atoms with Crippen molar-refractivity contribution in [2.75, 3.05) is 13.7 Å². The Balaban J connectivity index is 4.12. The van der Waals surface area contributed by atoms with Crippen LogP contribution in [0.2, 0.25) is 0 Å². The van der Waals surface area contributed by atoms with E-state index in [9.17, 15) is 9.59 Å². The number of ether oxygens (including phenoxy) is 1. The van der Waals surface area contributed by atoms with E-state index in [2.05, 4.69) is 10.1 Å². The fraction of sp³-hybridized carbons (Fsp3) is 0.778. The van der Waals surface area contributed by atoms with Crippen LogP contribution in [0.4, 0.5) is 0 Å². The van der Waals surface area contributed by atoms with Gasteiger partial charge < -0.3 is 10.1 Å². The van der Waals surface area contributed by atoms with E-state index >= 15 is 0 Å². The van der Waals surface area contributed by atoms with Crippen molar-refractivity contribution in [3.63, 3.8) is 0 Å². The zero-order valence-corrected chi connectivity index (χ0v) is 9.64. The quantitative estimate of drug-likeness (QED) is 0.568. The van der Waals surface area contributed by atoms with Crippen molar-refractivity contribution in [2.45, 2.75) is 26.1 Å². The topological polar surface area (TPSA) is 55.4 Å². The van der Waals surface area contributed by atoms with Crippen LogP contribution in [-0.4, -0.2) is 30.9 Å². The van der Waals surface area contributed by atoms with Gasteiger partial charge >= 0.3 is 5.97 Å². The second kappa shape index (κ2) is 5.20. The van der Waals surface area contributed by atoms with Gasteiger partial charge in [-0.2, -0.15) is 0 Å². The van der Waals surface area contributed by atoms with Crippen LogP contribution < -0.4 is 5.32 Å². The molecule has 14 heavy (non-hydrogen) atoms. The Kier molecular flexibility index (Phi) is 4.91. The second-order valence-corrected chi connectivity index (χ2v) is 4.36. The highest BCUT2D eigenvalue weighted by Crippen LogP contribution is 2.15. The van der Waals surface area contributed by atoms with Crippen LogP contribution >= 0.6 is 11.6 Å². The molecular formula is C9H16ClNO3. The van der Waals surface area contributed by atoms with E-state index in [1.165, 1.54) is 7.11 Å². The van der Waals surface area contributed by atoms with Crippen LogP contribution in [0.25, 0.3) is 0 Å². The lowest BCUT2D eigenvalue weighted by Gasteiger charge is -2.21. The molecule has 0 rings (SSSR count). The molecule has 0 heterocycles. The van der Waals surface area contributed by atoms with Gasteiger partial charge in [-0.15, -0.1) is 11.6 Å².